The van der Waals surface area contributed by atoms with Crippen molar-refractivity contribution in [3.63, 3.8) is 0 Å². The van der Waals surface area contributed by atoms with Gasteiger partial charge in [0.15, 0.2) is 11.9 Å². The Morgan fingerprint density at radius 3 is 2.50 bits per heavy atom. The average Bonchev–Trinajstić information content (AvgIpc) is 2.53. The molecule has 0 radical (unpaired) electrons. The van der Waals surface area contributed by atoms with E-state index in [0.29, 0.717) is 0 Å². The first-order valence-corrected chi connectivity index (χ1v) is 6.80. The Hall–Kier alpha value is -2.33. The largest absolute Gasteiger partial charge is 1.00 e. The normalized spacial score (nSPS) is 12.3. The summed E-state index contributed by atoms with van der Waals surface area (Å²) in [6, 6.07) is 16.1. The molecule has 1 atom stereocenters. The zero-order chi connectivity index (χ0) is 14.7. The lowest BCUT2D eigenvalue weighted by atomic mass is 10.1. The minimum Gasteiger partial charge on any atom is -1.00 e. The van der Waals surface area contributed by atoms with Crippen molar-refractivity contribution in [2.75, 3.05) is 0 Å². The highest BCUT2D eigenvalue weighted by molar-refractivity contribution is 5.85. The molecule has 3 rings (SSSR count). The second-order valence-electron chi connectivity index (χ2n) is 4.85. The highest BCUT2D eigenvalue weighted by atomic mass is 35.5. The maximum atomic E-state index is 12.9. The van der Waals surface area contributed by atoms with E-state index in [9.17, 15) is 4.39 Å². The molecule has 112 valence electrons. The summed E-state index contributed by atoms with van der Waals surface area (Å²) in [6.07, 6.45) is 1.87. The third kappa shape index (κ3) is 3.46. The van der Waals surface area contributed by atoms with Crippen LogP contribution in [-0.4, -0.2) is 0 Å². The predicted octanol–water partition coefficient (Wildman–Crippen LogP) is 1.64. The number of fused-ring (bicyclic) bond motifs is 1. The number of nitrogens with zero attached hydrogens (tertiary/aromatic N) is 2. The van der Waals surface area contributed by atoms with E-state index >= 15 is 0 Å². The van der Waals surface area contributed by atoms with Crippen molar-refractivity contribution in [3.05, 3.63) is 72.2 Å². The molecule has 1 aromatic heterocycles. The van der Waals surface area contributed by atoms with Gasteiger partial charge >= 0.3 is 0 Å². The van der Waals surface area contributed by atoms with E-state index in [2.05, 4.69) is 15.2 Å². The van der Waals surface area contributed by atoms with Crippen LogP contribution in [0.5, 0.6) is 0 Å². The molecule has 5 heteroatoms. The Bertz CT molecular complexity index is 782. The minimum absolute atomic E-state index is 0. The third-order valence-electron chi connectivity index (χ3n) is 3.37. The molecule has 0 saturated carbocycles. The number of para-hydroxylation sites is 1. The molecule has 2 aromatic carbocycles. The maximum Gasteiger partial charge on any atom is 0.238 e. The van der Waals surface area contributed by atoms with Gasteiger partial charge in [0, 0.05) is 11.5 Å². The number of H-pyrrole nitrogens is 1. The fraction of sp³-hybridized carbons (Fsp3) is 0.118. The zero-order valence-electron chi connectivity index (χ0n) is 12.0. The molecular weight excluding hydrogens is 301 g/mol. The van der Waals surface area contributed by atoms with Crippen molar-refractivity contribution < 1.29 is 21.8 Å². The summed E-state index contributed by atoms with van der Waals surface area (Å²) >= 11 is 0. The van der Waals surface area contributed by atoms with Crippen molar-refractivity contribution in [1.29, 1.82) is 0 Å². The van der Waals surface area contributed by atoms with Gasteiger partial charge in [0.2, 0.25) is 5.52 Å². The monoisotopic (exact) mass is 315 g/mol. The molecule has 0 aliphatic carbocycles. The van der Waals surface area contributed by atoms with Crippen LogP contribution in [0.1, 0.15) is 18.5 Å². The summed E-state index contributed by atoms with van der Waals surface area (Å²) in [7, 11) is 0. The van der Waals surface area contributed by atoms with Gasteiger partial charge in [-0.3, -0.25) is 0 Å². The van der Waals surface area contributed by atoms with Gasteiger partial charge in [-0.05, 0) is 42.8 Å². The number of aromatic nitrogens is 1. The molecule has 0 amide bonds. The first kappa shape index (κ1) is 16.0. The first-order valence-electron chi connectivity index (χ1n) is 6.80. The van der Waals surface area contributed by atoms with Crippen molar-refractivity contribution in [1.82, 2.24) is 0 Å². The molecule has 1 unspecified atom stereocenters. The van der Waals surface area contributed by atoms with Crippen LogP contribution in [0.3, 0.4) is 0 Å². The van der Waals surface area contributed by atoms with E-state index in [4.69, 9.17) is 0 Å². The molecule has 22 heavy (non-hydrogen) atoms. The van der Waals surface area contributed by atoms with E-state index < -0.39 is 0 Å². The molecule has 0 saturated heterocycles. The Morgan fingerprint density at radius 1 is 1.00 bits per heavy atom. The summed E-state index contributed by atoms with van der Waals surface area (Å²) in [5, 5.41) is 9.75. The van der Waals surface area contributed by atoms with Gasteiger partial charge in [0.1, 0.15) is 5.82 Å². The summed E-state index contributed by atoms with van der Waals surface area (Å²) in [5.74, 6) is -0.244. The molecule has 3 nitrogen and oxygen atoms in total. The molecule has 0 bridgehead atoms. The second-order valence-corrected chi connectivity index (χ2v) is 4.85. The molecular formula is C17H15ClFN3. The highest BCUT2D eigenvalue weighted by Crippen LogP contribution is 2.25. The van der Waals surface area contributed by atoms with E-state index in [1.165, 1.54) is 12.1 Å². The van der Waals surface area contributed by atoms with Crippen LogP contribution in [0, 0.1) is 5.82 Å². The number of pyridine rings is 1. The van der Waals surface area contributed by atoms with Crippen LogP contribution < -0.4 is 17.4 Å². The maximum absolute atomic E-state index is 12.9. The lowest BCUT2D eigenvalue weighted by Crippen LogP contribution is -3.00. The molecule has 1 N–H and O–H groups in total. The molecule has 1 heterocycles. The highest BCUT2D eigenvalue weighted by Gasteiger charge is 2.07. The number of nitrogens with one attached hydrogen (secondary N) is 1. The Morgan fingerprint density at radius 2 is 1.73 bits per heavy atom. The molecule has 0 spiro atoms. The van der Waals surface area contributed by atoms with E-state index in [1.54, 1.807) is 12.1 Å². The van der Waals surface area contributed by atoms with Crippen molar-refractivity contribution in [2.24, 2.45) is 10.2 Å². The standard InChI is InChI=1S/C17H14FN3.ClH/c1-12(13-7-9-15(18)10-8-13)20-21-16-6-2-4-14-5-3-11-19-17(14)16;/h2-12H,1H3;1H. The van der Waals surface area contributed by atoms with E-state index in [0.717, 1.165) is 22.2 Å². The van der Waals surface area contributed by atoms with E-state index in [-0.39, 0.29) is 24.3 Å². The van der Waals surface area contributed by atoms with Crippen LogP contribution >= 0.6 is 0 Å². The average molecular weight is 316 g/mol. The summed E-state index contributed by atoms with van der Waals surface area (Å²) in [6.45, 7) is 1.94. The smallest absolute Gasteiger partial charge is 0.238 e. The summed E-state index contributed by atoms with van der Waals surface area (Å²) < 4.78 is 12.9. The van der Waals surface area contributed by atoms with Gasteiger partial charge < -0.3 is 12.4 Å². The minimum atomic E-state index is -0.244. The number of hydrogen-bond donors (Lipinski definition) is 0. The Labute approximate surface area is 134 Å². The van der Waals surface area contributed by atoms with Gasteiger partial charge in [0.25, 0.3) is 0 Å². The molecule has 0 fully saturated rings. The lowest BCUT2D eigenvalue weighted by Gasteiger charge is -2.04. The predicted molar refractivity (Wildman–Crippen MR) is 79.8 cm³/mol. The van der Waals surface area contributed by atoms with Crippen LogP contribution in [0.2, 0.25) is 0 Å². The number of aromatic amines is 1. The molecule has 3 aromatic rings. The van der Waals surface area contributed by atoms with Gasteiger partial charge in [-0.25, -0.2) is 9.37 Å². The van der Waals surface area contributed by atoms with E-state index in [1.807, 2.05) is 43.5 Å². The SMILES string of the molecule is CC(N=Nc1cccc2ccc[nH+]c12)c1ccc(F)cc1.[Cl-]. The number of rotatable bonds is 3. The molecule has 0 aliphatic heterocycles. The van der Waals surface area contributed by atoms with Crippen LogP contribution in [0.4, 0.5) is 10.1 Å². The van der Waals surface area contributed by atoms with Crippen molar-refractivity contribution in [2.45, 2.75) is 13.0 Å². The molecule has 0 aliphatic rings. The fourth-order valence-electron chi connectivity index (χ4n) is 2.18. The van der Waals surface area contributed by atoms with Crippen LogP contribution in [-0.2, 0) is 0 Å². The quantitative estimate of drug-likeness (QED) is 0.659. The fourth-order valence-corrected chi connectivity index (χ4v) is 2.18. The number of halogens is 2. The first-order chi connectivity index (χ1) is 10.2. The van der Waals surface area contributed by atoms with Gasteiger partial charge in [-0.1, -0.05) is 18.2 Å². The van der Waals surface area contributed by atoms with Crippen LogP contribution in [0.15, 0.2) is 71.0 Å². The van der Waals surface area contributed by atoms with Gasteiger partial charge in [0.05, 0.1) is 6.04 Å². The summed E-state index contributed by atoms with van der Waals surface area (Å²) in [5.41, 5.74) is 2.68. The second kappa shape index (κ2) is 7.09. The summed E-state index contributed by atoms with van der Waals surface area (Å²) in [4.78, 5) is 3.19. The third-order valence-corrected chi connectivity index (χ3v) is 3.37. The van der Waals surface area contributed by atoms with Gasteiger partial charge in [-0.15, -0.1) is 5.11 Å². The van der Waals surface area contributed by atoms with Crippen molar-refractivity contribution in [3.8, 4) is 0 Å². The topological polar surface area (TPSA) is 38.9 Å². The Balaban J connectivity index is 0.00000176. The number of azo groups is 1. The Kier molecular flexibility index (Phi) is 5.17. The zero-order valence-corrected chi connectivity index (χ0v) is 12.8. The van der Waals surface area contributed by atoms with Crippen molar-refractivity contribution >= 4 is 16.6 Å². The van der Waals surface area contributed by atoms with Gasteiger partial charge in [-0.2, -0.15) is 5.11 Å². The van der Waals surface area contributed by atoms with Crippen LogP contribution in [0.25, 0.3) is 10.9 Å². The number of benzene rings is 2. The number of hydrogen-bond acceptors (Lipinski definition) is 2. The lowest BCUT2D eigenvalue weighted by molar-refractivity contribution is -0.344.